The van der Waals surface area contributed by atoms with E-state index in [9.17, 15) is 14.4 Å². The Balaban J connectivity index is 1.13. The number of benzene rings is 3. The van der Waals surface area contributed by atoms with Gasteiger partial charge in [0.1, 0.15) is 12.3 Å². The summed E-state index contributed by atoms with van der Waals surface area (Å²) in [5.74, 6) is 0.206. The molecular formula is C34H33ClN4O5. The Hall–Kier alpha value is -4.63. The van der Waals surface area contributed by atoms with E-state index >= 15 is 0 Å². The van der Waals surface area contributed by atoms with Crippen molar-refractivity contribution in [3.8, 4) is 16.9 Å². The number of hydrogen-bond donors (Lipinski definition) is 2. The normalized spacial score (nSPS) is 16.5. The van der Waals surface area contributed by atoms with E-state index in [2.05, 4.69) is 16.5 Å². The van der Waals surface area contributed by atoms with E-state index in [1.165, 1.54) is 5.56 Å². The molecular weight excluding hydrogens is 580 g/mol. The Kier molecular flexibility index (Phi) is 8.39. The summed E-state index contributed by atoms with van der Waals surface area (Å²) < 4.78 is 7.73. The fourth-order valence-electron chi connectivity index (χ4n) is 5.93. The van der Waals surface area contributed by atoms with Gasteiger partial charge in [0.25, 0.3) is 5.91 Å². The van der Waals surface area contributed by atoms with Gasteiger partial charge in [-0.25, -0.2) is 0 Å². The third-order valence-electron chi connectivity index (χ3n) is 8.27. The van der Waals surface area contributed by atoms with Crippen LogP contribution in [0, 0.1) is 12.8 Å². The molecule has 0 radical (unpaired) electrons. The van der Waals surface area contributed by atoms with Crippen molar-refractivity contribution in [1.29, 1.82) is 0 Å². The third-order valence-corrected chi connectivity index (χ3v) is 8.68. The Labute approximate surface area is 260 Å². The Morgan fingerprint density at radius 3 is 2.77 bits per heavy atom. The van der Waals surface area contributed by atoms with Gasteiger partial charge in [0, 0.05) is 46.6 Å². The fraction of sp³-hybridized carbons (Fsp3) is 0.294. The second-order valence-corrected chi connectivity index (χ2v) is 11.8. The molecule has 1 saturated carbocycles. The molecule has 1 aliphatic carbocycles. The molecule has 10 heteroatoms. The zero-order valence-corrected chi connectivity index (χ0v) is 25.1. The highest BCUT2D eigenvalue weighted by Gasteiger charge is 2.47. The highest BCUT2D eigenvalue weighted by atomic mass is 35.5. The molecule has 2 amide bonds. The summed E-state index contributed by atoms with van der Waals surface area (Å²) in [4.78, 5) is 38.5. The minimum atomic E-state index is -1.10. The molecule has 1 fully saturated rings. The number of carbonyl (C=O) groups is 3. The maximum atomic E-state index is 13.4. The number of carboxylic acid groups (broad SMARTS) is 1. The van der Waals surface area contributed by atoms with Crippen LogP contribution in [0.25, 0.3) is 11.1 Å². The molecule has 2 heterocycles. The van der Waals surface area contributed by atoms with Crippen LogP contribution in [0.5, 0.6) is 5.75 Å². The SMILES string of the molecule is Cc1c(Cl)cccc1OCCCC(=O)N1C[C@H]2C[C@H]2c2c(-c3cnn(Cc4cccc(C(=O)NCC(=O)O)c4)c3)cccc21. The summed E-state index contributed by atoms with van der Waals surface area (Å²) in [6.45, 7) is 3.11. The number of fused-ring (bicyclic) bond motifs is 3. The number of anilines is 1. The molecule has 2 N–H and O–H groups in total. The summed E-state index contributed by atoms with van der Waals surface area (Å²) in [6, 6.07) is 18.8. The number of nitrogens with one attached hydrogen (secondary N) is 1. The zero-order valence-electron chi connectivity index (χ0n) is 24.3. The number of carboxylic acids is 1. The van der Waals surface area contributed by atoms with Crippen molar-refractivity contribution in [2.24, 2.45) is 5.92 Å². The lowest BCUT2D eigenvalue weighted by Gasteiger charge is -2.30. The van der Waals surface area contributed by atoms with E-state index in [0.717, 1.165) is 46.7 Å². The largest absolute Gasteiger partial charge is 0.493 e. The number of aliphatic carboxylic acids is 1. The number of ether oxygens (including phenoxy) is 1. The number of hydrogen-bond acceptors (Lipinski definition) is 5. The summed E-state index contributed by atoms with van der Waals surface area (Å²) in [5.41, 5.74) is 6.40. The number of nitrogens with zero attached hydrogens (tertiary/aromatic N) is 3. The van der Waals surface area contributed by atoms with Gasteiger partial charge in [-0.3, -0.25) is 19.1 Å². The molecule has 226 valence electrons. The quantitative estimate of drug-likeness (QED) is 0.211. The van der Waals surface area contributed by atoms with Crippen LogP contribution < -0.4 is 15.0 Å². The van der Waals surface area contributed by atoms with Crippen molar-refractivity contribution in [3.05, 3.63) is 100 Å². The van der Waals surface area contributed by atoms with E-state index in [1.54, 1.807) is 18.2 Å². The second-order valence-electron chi connectivity index (χ2n) is 11.4. The van der Waals surface area contributed by atoms with Crippen molar-refractivity contribution < 1.29 is 24.2 Å². The first-order valence-corrected chi connectivity index (χ1v) is 15.1. The summed E-state index contributed by atoms with van der Waals surface area (Å²) in [6.07, 6.45) is 5.90. The highest BCUT2D eigenvalue weighted by molar-refractivity contribution is 6.31. The van der Waals surface area contributed by atoms with Crippen LogP contribution in [0.15, 0.2) is 73.1 Å². The maximum Gasteiger partial charge on any atom is 0.322 e. The van der Waals surface area contributed by atoms with Crippen molar-refractivity contribution in [3.63, 3.8) is 0 Å². The summed E-state index contributed by atoms with van der Waals surface area (Å²) >= 11 is 6.20. The predicted molar refractivity (Wildman–Crippen MR) is 167 cm³/mol. The number of carbonyl (C=O) groups excluding carboxylic acids is 2. The Morgan fingerprint density at radius 1 is 1.11 bits per heavy atom. The molecule has 6 rings (SSSR count). The van der Waals surface area contributed by atoms with Crippen LogP contribution in [0.1, 0.15) is 52.2 Å². The van der Waals surface area contributed by atoms with E-state index in [4.69, 9.17) is 21.4 Å². The molecule has 3 aromatic carbocycles. The monoisotopic (exact) mass is 612 g/mol. The maximum absolute atomic E-state index is 13.4. The van der Waals surface area contributed by atoms with Gasteiger partial charge in [-0.15, -0.1) is 0 Å². The predicted octanol–water partition coefficient (Wildman–Crippen LogP) is 5.68. The molecule has 4 aromatic rings. The first-order chi connectivity index (χ1) is 21.3. The lowest BCUT2D eigenvalue weighted by atomic mass is 9.92. The van der Waals surface area contributed by atoms with Crippen LogP contribution in [0.4, 0.5) is 5.69 Å². The lowest BCUT2D eigenvalue weighted by Crippen LogP contribution is -2.36. The van der Waals surface area contributed by atoms with E-state index in [1.807, 2.05) is 65.3 Å². The molecule has 0 unspecified atom stereocenters. The van der Waals surface area contributed by atoms with E-state index < -0.39 is 18.4 Å². The van der Waals surface area contributed by atoms with Gasteiger partial charge in [-0.2, -0.15) is 5.10 Å². The molecule has 0 saturated heterocycles. The van der Waals surface area contributed by atoms with E-state index in [-0.39, 0.29) is 5.91 Å². The Morgan fingerprint density at radius 2 is 1.93 bits per heavy atom. The average molecular weight is 613 g/mol. The first-order valence-electron chi connectivity index (χ1n) is 14.7. The molecule has 2 aliphatic rings. The van der Waals surface area contributed by atoms with Crippen molar-refractivity contribution in [1.82, 2.24) is 15.1 Å². The zero-order chi connectivity index (χ0) is 30.8. The van der Waals surface area contributed by atoms with Crippen molar-refractivity contribution >= 4 is 35.1 Å². The van der Waals surface area contributed by atoms with Gasteiger partial charge in [0.05, 0.1) is 19.3 Å². The van der Waals surface area contributed by atoms with Crippen LogP contribution in [-0.2, 0) is 16.1 Å². The molecule has 0 bridgehead atoms. The van der Waals surface area contributed by atoms with Gasteiger partial charge in [0.15, 0.2) is 0 Å². The van der Waals surface area contributed by atoms with Gasteiger partial charge in [-0.1, -0.05) is 41.9 Å². The molecule has 0 spiro atoms. The fourth-order valence-corrected chi connectivity index (χ4v) is 6.10. The van der Waals surface area contributed by atoms with Gasteiger partial charge in [0.2, 0.25) is 5.91 Å². The summed E-state index contributed by atoms with van der Waals surface area (Å²) in [5, 5.41) is 16.5. The number of rotatable bonds is 11. The minimum absolute atomic E-state index is 0.100. The minimum Gasteiger partial charge on any atom is -0.493 e. The first kappa shape index (κ1) is 29.4. The number of amides is 2. The third kappa shape index (κ3) is 6.33. The topological polar surface area (TPSA) is 114 Å². The molecule has 44 heavy (non-hydrogen) atoms. The van der Waals surface area contributed by atoms with Crippen molar-refractivity contribution in [2.45, 2.75) is 38.6 Å². The van der Waals surface area contributed by atoms with Crippen LogP contribution in [-0.4, -0.2) is 52.4 Å². The van der Waals surface area contributed by atoms with Gasteiger partial charge in [-0.05, 0) is 78.6 Å². The van der Waals surface area contributed by atoms with Gasteiger partial charge < -0.3 is 20.1 Å². The van der Waals surface area contributed by atoms with Crippen molar-refractivity contribution in [2.75, 3.05) is 24.6 Å². The summed E-state index contributed by atoms with van der Waals surface area (Å²) in [7, 11) is 0. The van der Waals surface area contributed by atoms with Crippen LogP contribution in [0.3, 0.4) is 0 Å². The molecule has 1 aromatic heterocycles. The highest BCUT2D eigenvalue weighted by Crippen LogP contribution is 2.57. The second kappa shape index (κ2) is 12.5. The average Bonchev–Trinajstić information content (AvgIpc) is 3.67. The molecule has 1 aliphatic heterocycles. The van der Waals surface area contributed by atoms with Crippen LogP contribution in [0.2, 0.25) is 5.02 Å². The lowest BCUT2D eigenvalue weighted by molar-refractivity contribution is -0.135. The van der Waals surface area contributed by atoms with Gasteiger partial charge >= 0.3 is 5.97 Å². The molecule has 9 nitrogen and oxygen atoms in total. The van der Waals surface area contributed by atoms with E-state index in [0.29, 0.717) is 48.4 Å². The standard InChI is InChI=1S/C34H33ClN4O5/c1-21-28(35)9-4-11-30(21)44-13-5-12-31(40)39-20-24-15-27(24)33-26(8-3-10-29(33)39)25-16-37-38(19-25)18-22-6-2-7-23(14-22)34(43)36-17-32(41)42/h2-4,6-11,14,16,19,24,27H,5,12-13,15,17-18,20H2,1H3,(H,36,43)(H,41,42)/t24-,27-/m1/s1. The smallest absolute Gasteiger partial charge is 0.322 e. The number of halogens is 1. The van der Waals surface area contributed by atoms with Crippen LogP contribution >= 0.6 is 11.6 Å². The molecule has 2 atom stereocenters. The number of aromatic nitrogens is 2. The Bertz CT molecular complexity index is 1730.